The average Bonchev–Trinajstić information content (AvgIpc) is 3.34. The van der Waals surface area contributed by atoms with Crippen molar-refractivity contribution >= 4 is 11.9 Å². The van der Waals surface area contributed by atoms with E-state index in [1.165, 1.54) is 19.3 Å². The lowest BCUT2D eigenvalue weighted by atomic mass is 9.96. The van der Waals surface area contributed by atoms with Gasteiger partial charge in [-0.25, -0.2) is 0 Å². The van der Waals surface area contributed by atoms with Gasteiger partial charge in [0.15, 0.2) is 0 Å². The van der Waals surface area contributed by atoms with Crippen LogP contribution in [0.1, 0.15) is 52.4 Å². The van der Waals surface area contributed by atoms with E-state index in [0.717, 1.165) is 56.8 Å². The Morgan fingerprint density at radius 2 is 1.82 bits per heavy atom. The molecule has 2 saturated heterocycles. The summed E-state index contributed by atoms with van der Waals surface area (Å²) in [6.07, 6.45) is 6.52. The molecule has 8 nitrogen and oxygen atoms in total. The molecular weight excluding hydrogens is 418 g/mol. The summed E-state index contributed by atoms with van der Waals surface area (Å²) in [5.41, 5.74) is 0.883. The van der Waals surface area contributed by atoms with Crippen LogP contribution in [-0.4, -0.2) is 66.3 Å². The van der Waals surface area contributed by atoms with Crippen LogP contribution in [0, 0.1) is 5.92 Å². The van der Waals surface area contributed by atoms with Gasteiger partial charge in [-0.05, 0) is 70.2 Å². The Morgan fingerprint density at radius 3 is 2.48 bits per heavy atom. The summed E-state index contributed by atoms with van der Waals surface area (Å²) in [4.78, 5) is 21.9. The molecule has 0 aliphatic carbocycles. The summed E-state index contributed by atoms with van der Waals surface area (Å²) in [5.74, 6) is 1.58. The van der Waals surface area contributed by atoms with Crippen molar-refractivity contribution in [2.75, 3.05) is 38.2 Å². The maximum atomic E-state index is 12.7. The number of hydrogen-bond acceptors (Lipinski definition) is 7. The number of carbonyl (C=O) groups is 1. The highest BCUT2D eigenvalue weighted by atomic mass is 16.5. The van der Waals surface area contributed by atoms with Crippen LogP contribution < -0.4 is 15.0 Å². The number of nitrogens with one attached hydrogen (secondary N) is 1. The fraction of sp³-hybridized carbons (Fsp3) is 0.640. The third-order valence-corrected chi connectivity index (χ3v) is 7.17. The van der Waals surface area contributed by atoms with E-state index in [-0.39, 0.29) is 11.8 Å². The van der Waals surface area contributed by atoms with Gasteiger partial charge in [0.2, 0.25) is 11.7 Å². The minimum atomic E-state index is 0.0538. The number of anilines is 1. The molecule has 0 radical (unpaired) electrons. The van der Waals surface area contributed by atoms with E-state index in [0.29, 0.717) is 23.9 Å². The molecule has 0 bridgehead atoms. The zero-order valence-corrected chi connectivity index (χ0v) is 20.1. The monoisotopic (exact) mass is 455 g/mol. The van der Waals surface area contributed by atoms with Crippen LogP contribution in [0.2, 0.25) is 0 Å². The first-order valence-corrected chi connectivity index (χ1v) is 12.3. The highest BCUT2D eigenvalue weighted by Crippen LogP contribution is 2.26. The summed E-state index contributed by atoms with van der Waals surface area (Å²) >= 11 is 0. The van der Waals surface area contributed by atoms with E-state index in [4.69, 9.17) is 9.26 Å². The number of aromatic nitrogens is 2. The fourth-order valence-electron chi connectivity index (χ4n) is 5.07. The van der Waals surface area contributed by atoms with Gasteiger partial charge in [-0.1, -0.05) is 11.6 Å². The minimum Gasteiger partial charge on any atom is -0.497 e. The maximum absolute atomic E-state index is 12.7. The fourth-order valence-corrected chi connectivity index (χ4v) is 5.07. The molecular formula is C25H37N5O3. The van der Waals surface area contributed by atoms with Gasteiger partial charge in [-0.2, -0.15) is 4.98 Å². The van der Waals surface area contributed by atoms with Crippen LogP contribution in [0.15, 0.2) is 28.8 Å². The van der Waals surface area contributed by atoms with Crippen molar-refractivity contribution in [1.29, 1.82) is 0 Å². The third kappa shape index (κ3) is 5.85. The Balaban J connectivity index is 1.19. The van der Waals surface area contributed by atoms with Crippen molar-refractivity contribution in [3.63, 3.8) is 0 Å². The first kappa shape index (κ1) is 23.5. The van der Waals surface area contributed by atoms with E-state index >= 15 is 0 Å². The first-order valence-electron chi connectivity index (χ1n) is 12.3. The predicted molar refractivity (Wildman–Crippen MR) is 128 cm³/mol. The molecule has 180 valence electrons. The minimum absolute atomic E-state index is 0.0538. The van der Waals surface area contributed by atoms with Gasteiger partial charge in [0.25, 0.3) is 0 Å². The Hall–Kier alpha value is -2.61. The van der Waals surface area contributed by atoms with Gasteiger partial charge in [-0.15, -0.1) is 0 Å². The SMILES string of the molecule is COc1ccc(-c2noc(N3CCC(C(=O)NCCCN4[C@@H](C)CCC[C@@H]4C)CC3)n2)cc1. The summed E-state index contributed by atoms with van der Waals surface area (Å²) in [6, 6.07) is 9.41. The van der Waals surface area contributed by atoms with E-state index in [1.807, 2.05) is 24.3 Å². The lowest BCUT2D eigenvalue weighted by molar-refractivity contribution is -0.125. The molecule has 1 amide bonds. The number of rotatable bonds is 8. The average molecular weight is 456 g/mol. The molecule has 1 N–H and O–H groups in total. The Morgan fingerprint density at radius 1 is 1.12 bits per heavy atom. The van der Waals surface area contributed by atoms with Crippen molar-refractivity contribution in [2.24, 2.45) is 5.92 Å². The summed E-state index contributed by atoms with van der Waals surface area (Å²) in [7, 11) is 1.64. The van der Waals surface area contributed by atoms with E-state index < -0.39 is 0 Å². The normalized spacial score (nSPS) is 22.3. The standard InChI is InChI=1S/C25H37N5O3/c1-18-6-4-7-19(2)30(18)15-5-14-26-24(31)21-12-16-29(17-13-21)25-27-23(28-33-25)20-8-10-22(32-3)11-9-20/h8-11,18-19,21H,4-7,12-17H2,1-3H3,(H,26,31)/t18-,19-/m0/s1. The highest BCUT2D eigenvalue weighted by molar-refractivity contribution is 5.78. The van der Waals surface area contributed by atoms with Crippen molar-refractivity contribution in [2.45, 2.75) is 64.5 Å². The predicted octanol–water partition coefficient (Wildman–Crippen LogP) is 3.73. The molecule has 2 aliphatic rings. The number of methoxy groups -OCH3 is 1. The second-order valence-corrected chi connectivity index (χ2v) is 9.40. The molecule has 0 spiro atoms. The van der Waals surface area contributed by atoms with Crippen LogP contribution in [0.5, 0.6) is 5.75 Å². The van der Waals surface area contributed by atoms with Gasteiger partial charge >= 0.3 is 6.01 Å². The van der Waals surface area contributed by atoms with Crippen molar-refractivity contribution in [3.8, 4) is 17.1 Å². The highest BCUT2D eigenvalue weighted by Gasteiger charge is 2.28. The van der Waals surface area contributed by atoms with Gasteiger partial charge in [-0.3, -0.25) is 9.69 Å². The maximum Gasteiger partial charge on any atom is 0.324 e. The second-order valence-electron chi connectivity index (χ2n) is 9.40. The number of ether oxygens (including phenoxy) is 1. The molecule has 3 heterocycles. The molecule has 1 aromatic heterocycles. The van der Waals surface area contributed by atoms with Crippen LogP contribution in [-0.2, 0) is 4.79 Å². The number of likely N-dealkylation sites (tertiary alicyclic amines) is 1. The van der Waals surface area contributed by atoms with Crippen molar-refractivity contribution in [3.05, 3.63) is 24.3 Å². The summed E-state index contributed by atoms with van der Waals surface area (Å²) in [6.45, 7) is 7.95. The molecule has 2 atom stereocenters. The van der Waals surface area contributed by atoms with Crippen molar-refractivity contribution in [1.82, 2.24) is 20.4 Å². The third-order valence-electron chi connectivity index (χ3n) is 7.17. The molecule has 8 heteroatoms. The largest absolute Gasteiger partial charge is 0.497 e. The number of benzene rings is 1. The smallest absolute Gasteiger partial charge is 0.324 e. The topological polar surface area (TPSA) is 83.7 Å². The summed E-state index contributed by atoms with van der Waals surface area (Å²) in [5, 5.41) is 7.28. The van der Waals surface area contributed by atoms with Gasteiger partial charge < -0.3 is 19.5 Å². The number of nitrogens with zero attached hydrogens (tertiary/aromatic N) is 4. The number of amides is 1. The molecule has 2 aliphatic heterocycles. The zero-order chi connectivity index (χ0) is 23.2. The molecule has 0 saturated carbocycles. The van der Waals surface area contributed by atoms with Crippen molar-refractivity contribution < 1.29 is 14.1 Å². The van der Waals surface area contributed by atoms with Gasteiger partial charge in [0.05, 0.1) is 7.11 Å². The van der Waals surface area contributed by atoms with Gasteiger partial charge in [0, 0.05) is 49.7 Å². The first-order chi connectivity index (χ1) is 16.0. The van der Waals surface area contributed by atoms with Crippen LogP contribution >= 0.6 is 0 Å². The Bertz CT molecular complexity index is 882. The van der Waals surface area contributed by atoms with Crippen LogP contribution in [0.25, 0.3) is 11.4 Å². The molecule has 2 aromatic rings. The van der Waals surface area contributed by atoms with E-state index in [9.17, 15) is 4.79 Å². The Kier molecular flexibility index (Phi) is 7.85. The van der Waals surface area contributed by atoms with Gasteiger partial charge in [0.1, 0.15) is 5.75 Å². The summed E-state index contributed by atoms with van der Waals surface area (Å²) < 4.78 is 10.7. The molecule has 1 aromatic carbocycles. The number of piperidine rings is 2. The quantitative estimate of drug-likeness (QED) is 0.607. The number of carbonyl (C=O) groups excluding carboxylic acids is 1. The molecule has 0 unspecified atom stereocenters. The zero-order valence-electron chi connectivity index (χ0n) is 20.1. The van der Waals surface area contributed by atoms with E-state index in [2.05, 4.69) is 39.1 Å². The molecule has 4 rings (SSSR count). The molecule has 33 heavy (non-hydrogen) atoms. The Labute approximate surface area is 196 Å². The number of hydrogen-bond donors (Lipinski definition) is 1. The lowest BCUT2D eigenvalue weighted by Crippen LogP contribution is -2.45. The van der Waals surface area contributed by atoms with E-state index in [1.54, 1.807) is 7.11 Å². The van der Waals surface area contributed by atoms with Crippen LogP contribution in [0.3, 0.4) is 0 Å². The second kappa shape index (κ2) is 11.0. The molecule has 2 fully saturated rings. The lowest BCUT2D eigenvalue weighted by Gasteiger charge is -2.39. The van der Waals surface area contributed by atoms with Crippen LogP contribution in [0.4, 0.5) is 6.01 Å².